The summed E-state index contributed by atoms with van der Waals surface area (Å²) in [5.41, 5.74) is 2.50. The number of likely N-dealkylation sites (N-methyl/N-ethyl adjacent to an activating group) is 1. The quantitative estimate of drug-likeness (QED) is 0.777. The summed E-state index contributed by atoms with van der Waals surface area (Å²) in [5, 5.41) is 5.92. The van der Waals surface area contributed by atoms with Gasteiger partial charge in [-0.1, -0.05) is 24.3 Å². The Kier molecular flexibility index (Phi) is 6.83. The normalized spacial score (nSPS) is 16.6. The zero-order valence-corrected chi connectivity index (χ0v) is 13.8. The van der Waals surface area contributed by atoms with E-state index in [1.807, 2.05) is 7.05 Å². The molecule has 0 spiro atoms. The molecule has 5 nitrogen and oxygen atoms in total. The molecule has 22 heavy (non-hydrogen) atoms. The Labute approximate surface area is 133 Å². The monoisotopic (exact) mass is 304 g/mol. The minimum atomic E-state index is 0.0934. The highest BCUT2D eigenvalue weighted by Gasteiger charge is 2.13. The van der Waals surface area contributed by atoms with Gasteiger partial charge in [0.25, 0.3) is 0 Å². The standard InChI is InChI=1S/C17H28N4O/c1-18-8-7-17(22)19-13-15-3-5-16(6-4-15)14-21-11-9-20(2)10-12-21/h3-6,18H,7-14H2,1-2H3,(H,19,22). The second-order valence-electron chi connectivity index (χ2n) is 6.03. The van der Waals surface area contributed by atoms with Crippen LogP contribution in [0, 0.1) is 0 Å². The molecule has 1 aromatic rings. The van der Waals surface area contributed by atoms with Crippen molar-refractivity contribution in [3.05, 3.63) is 35.4 Å². The maximum Gasteiger partial charge on any atom is 0.221 e. The van der Waals surface area contributed by atoms with Gasteiger partial charge in [-0.2, -0.15) is 0 Å². The number of piperazine rings is 1. The van der Waals surface area contributed by atoms with Gasteiger partial charge in [0.15, 0.2) is 0 Å². The SMILES string of the molecule is CNCCC(=O)NCc1ccc(CN2CCN(C)CC2)cc1. The molecular formula is C17H28N4O. The van der Waals surface area contributed by atoms with Crippen LogP contribution in [-0.2, 0) is 17.9 Å². The molecule has 1 saturated heterocycles. The second kappa shape index (κ2) is 8.88. The Balaban J connectivity index is 1.74. The largest absolute Gasteiger partial charge is 0.352 e. The smallest absolute Gasteiger partial charge is 0.221 e. The van der Waals surface area contributed by atoms with E-state index in [0.29, 0.717) is 13.0 Å². The fourth-order valence-corrected chi connectivity index (χ4v) is 2.55. The summed E-state index contributed by atoms with van der Waals surface area (Å²) in [5.74, 6) is 0.0934. The molecule has 1 aliphatic heterocycles. The summed E-state index contributed by atoms with van der Waals surface area (Å²) in [4.78, 5) is 16.4. The van der Waals surface area contributed by atoms with E-state index >= 15 is 0 Å². The van der Waals surface area contributed by atoms with Crippen molar-refractivity contribution in [2.75, 3.05) is 46.8 Å². The van der Waals surface area contributed by atoms with Crippen molar-refractivity contribution in [2.45, 2.75) is 19.5 Å². The van der Waals surface area contributed by atoms with Crippen molar-refractivity contribution < 1.29 is 4.79 Å². The van der Waals surface area contributed by atoms with Gasteiger partial charge in [-0.3, -0.25) is 9.69 Å². The average molecular weight is 304 g/mol. The lowest BCUT2D eigenvalue weighted by atomic mass is 10.1. The third-order valence-corrected chi connectivity index (χ3v) is 4.12. The van der Waals surface area contributed by atoms with Crippen molar-refractivity contribution in [2.24, 2.45) is 0 Å². The van der Waals surface area contributed by atoms with E-state index < -0.39 is 0 Å². The summed E-state index contributed by atoms with van der Waals surface area (Å²) in [6.45, 7) is 6.92. The molecule has 1 aliphatic rings. The molecular weight excluding hydrogens is 276 g/mol. The molecule has 2 rings (SSSR count). The number of carbonyl (C=O) groups is 1. The Bertz CT molecular complexity index is 452. The fraction of sp³-hybridized carbons (Fsp3) is 0.588. The summed E-state index contributed by atoms with van der Waals surface area (Å²) in [7, 11) is 4.03. The Morgan fingerprint density at radius 2 is 1.73 bits per heavy atom. The maximum absolute atomic E-state index is 11.6. The van der Waals surface area contributed by atoms with Gasteiger partial charge in [-0.25, -0.2) is 0 Å². The number of amides is 1. The summed E-state index contributed by atoms with van der Waals surface area (Å²) < 4.78 is 0. The van der Waals surface area contributed by atoms with Gasteiger partial charge in [0.05, 0.1) is 0 Å². The minimum Gasteiger partial charge on any atom is -0.352 e. The lowest BCUT2D eigenvalue weighted by Crippen LogP contribution is -2.43. The van der Waals surface area contributed by atoms with Crippen LogP contribution in [-0.4, -0.2) is 62.5 Å². The number of hydrogen-bond acceptors (Lipinski definition) is 4. The molecule has 1 heterocycles. The predicted octanol–water partition coefficient (Wildman–Crippen LogP) is 0.660. The van der Waals surface area contributed by atoms with Crippen molar-refractivity contribution in [3.8, 4) is 0 Å². The number of carbonyl (C=O) groups excluding carboxylic acids is 1. The minimum absolute atomic E-state index is 0.0934. The molecule has 2 N–H and O–H groups in total. The van der Waals surface area contributed by atoms with Gasteiger partial charge in [-0.05, 0) is 25.2 Å². The first-order chi connectivity index (χ1) is 10.7. The molecule has 1 fully saturated rings. The highest BCUT2D eigenvalue weighted by molar-refractivity contribution is 5.76. The third-order valence-electron chi connectivity index (χ3n) is 4.12. The highest BCUT2D eigenvalue weighted by atomic mass is 16.1. The van der Waals surface area contributed by atoms with Crippen molar-refractivity contribution in [1.29, 1.82) is 0 Å². The summed E-state index contributed by atoms with van der Waals surface area (Å²) >= 11 is 0. The van der Waals surface area contributed by atoms with E-state index in [2.05, 4.69) is 51.7 Å². The zero-order chi connectivity index (χ0) is 15.8. The van der Waals surface area contributed by atoms with Crippen LogP contribution >= 0.6 is 0 Å². The summed E-state index contributed by atoms with van der Waals surface area (Å²) in [6, 6.07) is 8.58. The van der Waals surface area contributed by atoms with Crippen molar-refractivity contribution in [3.63, 3.8) is 0 Å². The van der Waals surface area contributed by atoms with E-state index in [9.17, 15) is 4.79 Å². The Hall–Kier alpha value is -1.43. The number of benzene rings is 1. The first kappa shape index (κ1) is 16.9. The number of nitrogens with one attached hydrogen (secondary N) is 2. The van der Waals surface area contributed by atoms with Crippen LogP contribution in [0.3, 0.4) is 0 Å². The van der Waals surface area contributed by atoms with Crippen LogP contribution in [0.2, 0.25) is 0 Å². The van der Waals surface area contributed by atoms with E-state index in [0.717, 1.165) is 44.8 Å². The van der Waals surface area contributed by atoms with Crippen LogP contribution in [0.15, 0.2) is 24.3 Å². The van der Waals surface area contributed by atoms with Gasteiger partial charge in [0, 0.05) is 52.2 Å². The molecule has 0 bridgehead atoms. The van der Waals surface area contributed by atoms with E-state index in [1.54, 1.807) is 0 Å². The van der Waals surface area contributed by atoms with E-state index in [1.165, 1.54) is 5.56 Å². The Morgan fingerprint density at radius 1 is 1.09 bits per heavy atom. The molecule has 1 aromatic carbocycles. The van der Waals surface area contributed by atoms with Crippen molar-refractivity contribution in [1.82, 2.24) is 20.4 Å². The molecule has 0 saturated carbocycles. The third kappa shape index (κ3) is 5.75. The summed E-state index contributed by atoms with van der Waals surface area (Å²) in [6.07, 6.45) is 0.526. The Morgan fingerprint density at radius 3 is 2.36 bits per heavy atom. The van der Waals surface area contributed by atoms with Gasteiger partial charge >= 0.3 is 0 Å². The lowest BCUT2D eigenvalue weighted by Gasteiger charge is -2.32. The van der Waals surface area contributed by atoms with E-state index in [-0.39, 0.29) is 5.91 Å². The zero-order valence-electron chi connectivity index (χ0n) is 13.8. The van der Waals surface area contributed by atoms with E-state index in [4.69, 9.17) is 0 Å². The van der Waals surface area contributed by atoms with Crippen LogP contribution in [0.25, 0.3) is 0 Å². The fourth-order valence-electron chi connectivity index (χ4n) is 2.55. The number of rotatable bonds is 7. The molecule has 0 atom stereocenters. The number of nitrogens with zero attached hydrogens (tertiary/aromatic N) is 2. The van der Waals surface area contributed by atoms with Crippen LogP contribution in [0.4, 0.5) is 0 Å². The molecule has 1 amide bonds. The molecule has 0 radical (unpaired) electrons. The van der Waals surface area contributed by atoms with Crippen LogP contribution in [0.1, 0.15) is 17.5 Å². The molecule has 0 aliphatic carbocycles. The van der Waals surface area contributed by atoms with Gasteiger partial charge in [0.1, 0.15) is 0 Å². The molecule has 0 unspecified atom stereocenters. The molecule has 0 aromatic heterocycles. The first-order valence-corrected chi connectivity index (χ1v) is 8.07. The first-order valence-electron chi connectivity index (χ1n) is 8.07. The van der Waals surface area contributed by atoms with Crippen LogP contribution in [0.5, 0.6) is 0 Å². The lowest BCUT2D eigenvalue weighted by molar-refractivity contribution is -0.121. The topological polar surface area (TPSA) is 47.6 Å². The highest BCUT2D eigenvalue weighted by Crippen LogP contribution is 2.09. The van der Waals surface area contributed by atoms with Gasteiger partial charge in [-0.15, -0.1) is 0 Å². The maximum atomic E-state index is 11.6. The second-order valence-corrected chi connectivity index (χ2v) is 6.03. The predicted molar refractivity (Wildman–Crippen MR) is 89.6 cm³/mol. The van der Waals surface area contributed by atoms with Crippen LogP contribution < -0.4 is 10.6 Å². The van der Waals surface area contributed by atoms with Crippen molar-refractivity contribution >= 4 is 5.91 Å². The van der Waals surface area contributed by atoms with Gasteiger partial charge in [0.2, 0.25) is 5.91 Å². The average Bonchev–Trinajstić information content (AvgIpc) is 2.54. The van der Waals surface area contributed by atoms with Gasteiger partial charge < -0.3 is 15.5 Å². The molecule has 122 valence electrons. The molecule has 5 heteroatoms. The number of hydrogen-bond donors (Lipinski definition) is 2.